The summed E-state index contributed by atoms with van der Waals surface area (Å²) in [5.41, 5.74) is 1.77. The van der Waals surface area contributed by atoms with Crippen molar-refractivity contribution in [3.8, 4) is 0 Å². The van der Waals surface area contributed by atoms with E-state index in [9.17, 15) is 14.0 Å². The molecule has 2 amide bonds. The summed E-state index contributed by atoms with van der Waals surface area (Å²) in [4.78, 5) is 26.1. The van der Waals surface area contributed by atoms with Crippen LogP contribution in [0, 0.1) is 5.82 Å². The van der Waals surface area contributed by atoms with Crippen LogP contribution in [0.3, 0.4) is 0 Å². The van der Waals surface area contributed by atoms with Gasteiger partial charge in [0.05, 0.1) is 5.92 Å². The summed E-state index contributed by atoms with van der Waals surface area (Å²) < 4.78 is 13.3. The Morgan fingerprint density at radius 1 is 1.23 bits per heavy atom. The van der Waals surface area contributed by atoms with Crippen LogP contribution in [0.25, 0.3) is 0 Å². The summed E-state index contributed by atoms with van der Waals surface area (Å²) in [6, 6.07) is 13.3. The maximum Gasteiger partial charge on any atom is 0.234 e. The van der Waals surface area contributed by atoms with E-state index < -0.39 is 11.7 Å². The van der Waals surface area contributed by atoms with E-state index in [-0.39, 0.29) is 18.2 Å². The Labute approximate surface area is 127 Å². The first-order valence-electron chi connectivity index (χ1n) is 6.98. The molecule has 112 valence electrons. The van der Waals surface area contributed by atoms with Crippen molar-refractivity contribution >= 4 is 23.2 Å². The molecule has 1 heterocycles. The highest BCUT2D eigenvalue weighted by Gasteiger charge is 2.33. The lowest BCUT2D eigenvalue weighted by atomic mass is 9.89. The zero-order valence-electron chi connectivity index (χ0n) is 12.0. The Morgan fingerprint density at radius 3 is 2.68 bits per heavy atom. The molecule has 4 nitrogen and oxygen atoms in total. The van der Waals surface area contributed by atoms with Crippen molar-refractivity contribution in [2.45, 2.75) is 12.3 Å². The number of amides is 2. The van der Waals surface area contributed by atoms with Crippen molar-refractivity contribution in [1.29, 1.82) is 0 Å². The van der Waals surface area contributed by atoms with E-state index in [0.29, 0.717) is 11.3 Å². The van der Waals surface area contributed by atoms with Crippen LogP contribution in [0.15, 0.2) is 48.5 Å². The van der Waals surface area contributed by atoms with Crippen molar-refractivity contribution in [1.82, 2.24) is 0 Å². The molecule has 5 heteroatoms. The van der Waals surface area contributed by atoms with E-state index in [1.165, 1.54) is 17.0 Å². The number of rotatable bonds is 2. The zero-order chi connectivity index (χ0) is 15.7. The van der Waals surface area contributed by atoms with Crippen LogP contribution in [0.5, 0.6) is 0 Å². The van der Waals surface area contributed by atoms with Crippen LogP contribution in [0.2, 0.25) is 0 Å². The third-order valence-electron chi connectivity index (χ3n) is 3.83. The molecule has 2 aromatic carbocycles. The number of hydrogen-bond donors (Lipinski definition) is 1. The van der Waals surface area contributed by atoms with Crippen molar-refractivity contribution in [3.05, 3.63) is 59.9 Å². The molecular weight excluding hydrogens is 283 g/mol. The number of fused-ring (bicyclic) bond motifs is 1. The molecular formula is C17H15FN2O2. The first kappa shape index (κ1) is 14.3. The van der Waals surface area contributed by atoms with Crippen LogP contribution in [0.1, 0.15) is 17.9 Å². The lowest BCUT2D eigenvalue weighted by Gasteiger charge is -2.28. The van der Waals surface area contributed by atoms with E-state index >= 15 is 0 Å². The molecule has 1 aliphatic heterocycles. The van der Waals surface area contributed by atoms with Gasteiger partial charge in [-0.3, -0.25) is 9.59 Å². The fourth-order valence-corrected chi connectivity index (χ4v) is 2.67. The molecule has 1 N–H and O–H groups in total. The molecule has 0 radical (unpaired) electrons. The Kier molecular flexibility index (Phi) is 3.63. The lowest BCUT2D eigenvalue weighted by Crippen LogP contribution is -2.36. The smallest absolute Gasteiger partial charge is 0.234 e. The molecule has 0 spiro atoms. The SMILES string of the molecule is CN(C(=O)C1CC(=O)Nc2cc(F)ccc21)c1ccccc1. The number of carbonyl (C=O) groups is 2. The van der Waals surface area contributed by atoms with Crippen LogP contribution in [-0.2, 0) is 9.59 Å². The molecule has 0 fully saturated rings. The third-order valence-corrected chi connectivity index (χ3v) is 3.83. The molecule has 1 unspecified atom stereocenters. The predicted molar refractivity (Wildman–Crippen MR) is 82.2 cm³/mol. The number of likely N-dealkylation sites (N-methyl/N-ethyl adjacent to an activating group) is 1. The van der Waals surface area contributed by atoms with Gasteiger partial charge in [0.2, 0.25) is 11.8 Å². The van der Waals surface area contributed by atoms with Crippen molar-refractivity contribution < 1.29 is 14.0 Å². The van der Waals surface area contributed by atoms with Crippen LogP contribution >= 0.6 is 0 Å². The molecule has 3 rings (SSSR count). The lowest BCUT2D eigenvalue weighted by molar-refractivity contribution is -0.124. The maximum atomic E-state index is 13.3. The number of para-hydroxylation sites is 1. The Morgan fingerprint density at radius 2 is 1.95 bits per heavy atom. The van der Waals surface area contributed by atoms with Gasteiger partial charge in [0, 0.05) is 24.8 Å². The molecule has 0 saturated heterocycles. The summed E-state index contributed by atoms with van der Waals surface area (Å²) in [5, 5.41) is 2.61. The summed E-state index contributed by atoms with van der Waals surface area (Å²) in [7, 11) is 1.67. The van der Waals surface area contributed by atoms with Crippen LogP contribution in [0.4, 0.5) is 15.8 Å². The third kappa shape index (κ3) is 2.57. The summed E-state index contributed by atoms with van der Waals surface area (Å²) >= 11 is 0. The van der Waals surface area contributed by atoms with Crippen molar-refractivity contribution in [2.75, 3.05) is 17.3 Å². The molecule has 2 aromatic rings. The van der Waals surface area contributed by atoms with Gasteiger partial charge in [-0.1, -0.05) is 24.3 Å². The predicted octanol–water partition coefficient (Wildman–Crippen LogP) is 2.91. The quantitative estimate of drug-likeness (QED) is 0.926. The number of nitrogens with zero attached hydrogens (tertiary/aromatic N) is 1. The monoisotopic (exact) mass is 298 g/mol. The van der Waals surface area contributed by atoms with Gasteiger partial charge in [0.15, 0.2) is 0 Å². The van der Waals surface area contributed by atoms with E-state index in [2.05, 4.69) is 5.32 Å². The van der Waals surface area contributed by atoms with E-state index in [4.69, 9.17) is 0 Å². The standard InChI is InChI=1S/C17H15FN2O2/c1-20(12-5-3-2-4-6-12)17(22)14-10-16(21)19-15-9-11(18)7-8-13(14)15/h2-9,14H,10H2,1H3,(H,19,21). The highest BCUT2D eigenvalue weighted by atomic mass is 19.1. The van der Waals surface area contributed by atoms with E-state index in [1.54, 1.807) is 13.1 Å². The minimum Gasteiger partial charge on any atom is -0.326 e. The van der Waals surface area contributed by atoms with Crippen molar-refractivity contribution in [2.24, 2.45) is 0 Å². The summed E-state index contributed by atoms with van der Waals surface area (Å²) in [5.74, 6) is -1.51. The van der Waals surface area contributed by atoms with Gasteiger partial charge >= 0.3 is 0 Å². The normalized spacial score (nSPS) is 16.6. The average Bonchev–Trinajstić information content (AvgIpc) is 2.53. The molecule has 22 heavy (non-hydrogen) atoms. The first-order chi connectivity index (χ1) is 10.6. The number of benzene rings is 2. The molecule has 0 bridgehead atoms. The second-order valence-electron chi connectivity index (χ2n) is 5.27. The zero-order valence-corrected chi connectivity index (χ0v) is 12.0. The summed E-state index contributed by atoms with van der Waals surface area (Å²) in [6.45, 7) is 0. The molecule has 1 aliphatic rings. The highest BCUT2D eigenvalue weighted by Crippen LogP contribution is 2.34. The van der Waals surface area contributed by atoms with E-state index in [0.717, 1.165) is 5.69 Å². The Balaban J connectivity index is 1.95. The molecule has 0 aliphatic carbocycles. The molecule has 0 saturated carbocycles. The van der Waals surface area contributed by atoms with Crippen LogP contribution in [-0.4, -0.2) is 18.9 Å². The second kappa shape index (κ2) is 5.60. The van der Waals surface area contributed by atoms with Gasteiger partial charge in [-0.2, -0.15) is 0 Å². The molecule has 0 aromatic heterocycles. The second-order valence-corrected chi connectivity index (χ2v) is 5.27. The number of anilines is 2. The maximum absolute atomic E-state index is 13.3. The van der Waals surface area contributed by atoms with E-state index in [1.807, 2.05) is 30.3 Å². The van der Waals surface area contributed by atoms with Crippen molar-refractivity contribution in [3.63, 3.8) is 0 Å². The molecule has 1 atom stereocenters. The minimum absolute atomic E-state index is 0.0641. The Hall–Kier alpha value is -2.69. The van der Waals surface area contributed by atoms with Gasteiger partial charge in [0.25, 0.3) is 0 Å². The van der Waals surface area contributed by atoms with Gasteiger partial charge in [0.1, 0.15) is 5.82 Å². The topological polar surface area (TPSA) is 49.4 Å². The first-order valence-corrected chi connectivity index (χ1v) is 6.98. The summed E-state index contributed by atoms with van der Waals surface area (Å²) in [6.07, 6.45) is 0.0641. The van der Waals surface area contributed by atoms with Gasteiger partial charge in [-0.15, -0.1) is 0 Å². The average molecular weight is 298 g/mol. The number of nitrogens with one attached hydrogen (secondary N) is 1. The number of carbonyl (C=O) groups excluding carboxylic acids is 2. The minimum atomic E-state index is -0.602. The number of hydrogen-bond acceptors (Lipinski definition) is 2. The number of halogens is 1. The fourth-order valence-electron chi connectivity index (χ4n) is 2.67. The van der Waals surface area contributed by atoms with Crippen LogP contribution < -0.4 is 10.2 Å². The van der Waals surface area contributed by atoms with Gasteiger partial charge in [-0.25, -0.2) is 4.39 Å². The Bertz CT molecular complexity index is 731. The highest BCUT2D eigenvalue weighted by molar-refractivity contribution is 6.05. The largest absolute Gasteiger partial charge is 0.326 e. The van der Waals surface area contributed by atoms with Gasteiger partial charge in [-0.05, 0) is 29.8 Å². The van der Waals surface area contributed by atoms with Gasteiger partial charge < -0.3 is 10.2 Å². The fraction of sp³-hybridized carbons (Fsp3) is 0.176.